The Morgan fingerprint density at radius 3 is 1.69 bits per heavy atom. The maximum absolute atomic E-state index is 11.3. The fourth-order valence-corrected chi connectivity index (χ4v) is 1.59. The number of phenolic OH excluding ortho intramolecular Hbond substituents is 2. The lowest BCUT2D eigenvalue weighted by molar-refractivity contribution is 0.101. The smallest absolute Gasteiger partial charge is 0.163 e. The van der Waals surface area contributed by atoms with Gasteiger partial charge in [0.15, 0.2) is 11.6 Å². The molecule has 0 amide bonds. The van der Waals surface area contributed by atoms with Crippen molar-refractivity contribution in [1.82, 2.24) is 0 Å². The molecule has 0 heterocycles. The number of hydrogen-bond donors (Lipinski definition) is 2. The van der Waals surface area contributed by atoms with Crippen LogP contribution in [0.5, 0.6) is 11.5 Å². The molecule has 0 saturated heterocycles. The second-order valence-electron chi connectivity index (χ2n) is 3.61. The molecule has 4 nitrogen and oxygen atoms in total. The lowest BCUT2D eigenvalue weighted by atomic mass is 9.97. The van der Waals surface area contributed by atoms with E-state index < -0.39 is 0 Å². The van der Waals surface area contributed by atoms with Crippen molar-refractivity contribution < 1.29 is 19.8 Å². The van der Waals surface area contributed by atoms with Gasteiger partial charge < -0.3 is 10.2 Å². The third-order valence-electron chi connectivity index (χ3n) is 2.48. The van der Waals surface area contributed by atoms with Gasteiger partial charge in [-0.2, -0.15) is 0 Å². The first-order chi connectivity index (χ1) is 7.40. The van der Waals surface area contributed by atoms with E-state index in [0.717, 1.165) is 0 Å². The lowest BCUT2D eigenvalue weighted by Gasteiger charge is -2.11. The summed E-state index contributed by atoms with van der Waals surface area (Å²) in [6.45, 7) is 4.33. The third-order valence-corrected chi connectivity index (χ3v) is 2.48. The van der Waals surface area contributed by atoms with Crippen molar-refractivity contribution in [2.75, 3.05) is 0 Å². The van der Waals surface area contributed by atoms with Gasteiger partial charge in [-0.3, -0.25) is 9.59 Å². The predicted octanol–water partition coefficient (Wildman–Crippen LogP) is 2.07. The second-order valence-corrected chi connectivity index (χ2v) is 3.61. The molecule has 0 unspecified atom stereocenters. The third kappa shape index (κ3) is 1.91. The molecule has 1 aromatic rings. The zero-order chi connectivity index (χ0) is 12.5. The van der Waals surface area contributed by atoms with Gasteiger partial charge >= 0.3 is 0 Å². The van der Waals surface area contributed by atoms with E-state index in [-0.39, 0.29) is 39.8 Å². The largest absolute Gasteiger partial charge is 0.507 e. The number of Topliss-reactive ketones (excluding diaryl/α,β-unsaturated/α-hetero) is 2. The minimum absolute atomic E-state index is 0.0693. The fraction of sp³-hybridized carbons (Fsp3) is 0.333. The predicted molar refractivity (Wildman–Crippen MR) is 59.2 cm³/mol. The molecular weight excluding hydrogens is 208 g/mol. The first-order valence-corrected chi connectivity index (χ1v) is 4.99. The van der Waals surface area contributed by atoms with Gasteiger partial charge in [-0.15, -0.1) is 0 Å². The van der Waals surface area contributed by atoms with Gasteiger partial charge in [-0.05, 0) is 26.3 Å². The number of aromatic hydroxyl groups is 2. The zero-order valence-electron chi connectivity index (χ0n) is 9.50. The SMILES string of the molecule is CCc1c(O)c(C(C)=O)cc(C(C)=O)c1O. The second kappa shape index (κ2) is 4.35. The van der Waals surface area contributed by atoms with Crippen LogP contribution in [0.25, 0.3) is 0 Å². The zero-order valence-corrected chi connectivity index (χ0v) is 9.50. The number of carbonyl (C=O) groups is 2. The normalized spacial score (nSPS) is 10.2. The Labute approximate surface area is 93.5 Å². The summed E-state index contributed by atoms with van der Waals surface area (Å²) in [4.78, 5) is 22.5. The molecule has 2 N–H and O–H groups in total. The molecule has 0 fully saturated rings. The summed E-state index contributed by atoms with van der Waals surface area (Å²) in [7, 11) is 0. The Morgan fingerprint density at radius 1 is 1.06 bits per heavy atom. The number of benzene rings is 1. The highest BCUT2D eigenvalue weighted by molar-refractivity contribution is 6.03. The van der Waals surface area contributed by atoms with Crippen LogP contribution in [0, 0.1) is 0 Å². The average molecular weight is 222 g/mol. The van der Waals surface area contributed by atoms with Crippen LogP contribution in [0.4, 0.5) is 0 Å². The van der Waals surface area contributed by atoms with E-state index >= 15 is 0 Å². The molecule has 1 rings (SSSR count). The summed E-state index contributed by atoms with van der Waals surface area (Å²) in [5.41, 5.74) is 0.373. The molecule has 0 spiro atoms. The Balaban J connectivity index is 3.62. The van der Waals surface area contributed by atoms with Crippen molar-refractivity contribution in [2.24, 2.45) is 0 Å². The highest BCUT2D eigenvalue weighted by Gasteiger charge is 2.20. The molecular formula is C12H14O4. The van der Waals surface area contributed by atoms with Gasteiger partial charge in [0.2, 0.25) is 0 Å². The van der Waals surface area contributed by atoms with Crippen LogP contribution in [0.15, 0.2) is 6.07 Å². The average Bonchev–Trinajstić information content (AvgIpc) is 2.17. The van der Waals surface area contributed by atoms with E-state index in [2.05, 4.69) is 0 Å². The molecule has 0 aliphatic rings. The monoisotopic (exact) mass is 222 g/mol. The molecule has 0 atom stereocenters. The summed E-state index contributed by atoms with van der Waals surface area (Å²) in [6, 6.07) is 1.23. The summed E-state index contributed by atoms with van der Waals surface area (Å²) < 4.78 is 0. The number of hydrogen-bond acceptors (Lipinski definition) is 4. The minimum atomic E-state index is -0.338. The van der Waals surface area contributed by atoms with Crippen LogP contribution in [-0.2, 0) is 6.42 Å². The molecule has 0 bridgehead atoms. The lowest BCUT2D eigenvalue weighted by Crippen LogP contribution is -2.02. The number of carbonyl (C=O) groups excluding carboxylic acids is 2. The van der Waals surface area contributed by atoms with E-state index in [1.807, 2.05) is 0 Å². The van der Waals surface area contributed by atoms with E-state index in [1.165, 1.54) is 19.9 Å². The van der Waals surface area contributed by atoms with Gasteiger partial charge in [0.25, 0.3) is 0 Å². The summed E-state index contributed by atoms with van der Waals surface area (Å²) in [5.74, 6) is -1.15. The van der Waals surface area contributed by atoms with Crippen molar-refractivity contribution in [1.29, 1.82) is 0 Å². The Hall–Kier alpha value is -1.84. The minimum Gasteiger partial charge on any atom is -0.507 e. The van der Waals surface area contributed by atoms with Gasteiger partial charge in [-0.1, -0.05) is 6.92 Å². The molecule has 0 aliphatic carbocycles. The summed E-state index contributed by atoms with van der Waals surface area (Å²) in [6.07, 6.45) is 0.346. The molecule has 0 radical (unpaired) electrons. The first-order valence-electron chi connectivity index (χ1n) is 4.99. The topological polar surface area (TPSA) is 74.6 Å². The van der Waals surface area contributed by atoms with Crippen LogP contribution < -0.4 is 0 Å². The number of rotatable bonds is 3. The van der Waals surface area contributed by atoms with Crippen molar-refractivity contribution in [2.45, 2.75) is 27.2 Å². The summed E-state index contributed by atoms with van der Waals surface area (Å²) in [5, 5.41) is 19.5. The molecule has 0 saturated carbocycles. The highest BCUT2D eigenvalue weighted by Crippen LogP contribution is 2.35. The first kappa shape index (κ1) is 12.2. The van der Waals surface area contributed by atoms with Crippen molar-refractivity contribution in [3.8, 4) is 11.5 Å². The standard InChI is InChI=1S/C12H14O4/c1-4-8-11(15)9(6(2)13)5-10(7(3)14)12(8)16/h5,15-16H,4H2,1-3H3. The van der Waals surface area contributed by atoms with Crippen LogP contribution in [0.1, 0.15) is 47.1 Å². The van der Waals surface area contributed by atoms with Gasteiger partial charge in [0.05, 0.1) is 11.1 Å². The fourth-order valence-electron chi connectivity index (χ4n) is 1.59. The quantitative estimate of drug-likeness (QED) is 0.767. The highest BCUT2D eigenvalue weighted by atomic mass is 16.3. The Bertz CT molecular complexity index is 422. The van der Waals surface area contributed by atoms with E-state index in [9.17, 15) is 19.8 Å². The van der Waals surface area contributed by atoms with E-state index in [1.54, 1.807) is 6.92 Å². The molecule has 16 heavy (non-hydrogen) atoms. The van der Waals surface area contributed by atoms with Gasteiger partial charge in [0.1, 0.15) is 11.5 Å². The molecule has 1 aromatic carbocycles. The van der Waals surface area contributed by atoms with E-state index in [4.69, 9.17) is 0 Å². The molecule has 0 aliphatic heterocycles. The van der Waals surface area contributed by atoms with Crippen LogP contribution in [0.2, 0.25) is 0 Å². The van der Waals surface area contributed by atoms with Crippen molar-refractivity contribution in [3.63, 3.8) is 0 Å². The maximum atomic E-state index is 11.3. The summed E-state index contributed by atoms with van der Waals surface area (Å²) >= 11 is 0. The Kier molecular flexibility index (Phi) is 3.32. The van der Waals surface area contributed by atoms with Crippen molar-refractivity contribution >= 4 is 11.6 Å². The Morgan fingerprint density at radius 2 is 1.44 bits per heavy atom. The van der Waals surface area contributed by atoms with Crippen LogP contribution >= 0.6 is 0 Å². The van der Waals surface area contributed by atoms with Gasteiger partial charge in [0, 0.05) is 5.56 Å². The van der Waals surface area contributed by atoms with E-state index in [0.29, 0.717) is 6.42 Å². The molecule has 4 heteroatoms. The molecule has 0 aromatic heterocycles. The molecule has 86 valence electrons. The maximum Gasteiger partial charge on any atom is 0.163 e. The number of ketones is 2. The van der Waals surface area contributed by atoms with Crippen molar-refractivity contribution in [3.05, 3.63) is 22.8 Å². The van der Waals surface area contributed by atoms with Crippen LogP contribution in [-0.4, -0.2) is 21.8 Å². The number of phenols is 2. The van der Waals surface area contributed by atoms with Crippen LogP contribution in [0.3, 0.4) is 0 Å². The van der Waals surface area contributed by atoms with Gasteiger partial charge in [-0.25, -0.2) is 0 Å².